The van der Waals surface area contributed by atoms with E-state index in [1.54, 1.807) is 0 Å². The molecule has 0 N–H and O–H groups in total. The predicted octanol–water partition coefficient (Wildman–Crippen LogP) is 3.60. The number of alkyl halides is 3. The third-order valence-corrected chi connectivity index (χ3v) is 2.31. The largest absolute Gasteiger partial charge is 0.416 e. The van der Waals surface area contributed by atoms with Crippen molar-refractivity contribution in [1.29, 1.82) is 0 Å². The quantitative estimate of drug-likeness (QED) is 0.809. The van der Waals surface area contributed by atoms with Crippen molar-refractivity contribution in [3.63, 3.8) is 0 Å². The van der Waals surface area contributed by atoms with Gasteiger partial charge in [0.15, 0.2) is 0 Å². The van der Waals surface area contributed by atoms with Gasteiger partial charge in [0, 0.05) is 10.9 Å². The normalized spacial score (nSPS) is 11.5. The molecule has 0 aliphatic carbocycles. The lowest BCUT2D eigenvalue weighted by atomic mass is 10.0. The van der Waals surface area contributed by atoms with Crippen LogP contribution in [-0.2, 0) is 17.4 Å². The lowest BCUT2D eigenvalue weighted by Crippen LogP contribution is -2.11. The molecule has 0 atom stereocenters. The van der Waals surface area contributed by atoms with Crippen LogP contribution in [0.1, 0.15) is 18.1 Å². The van der Waals surface area contributed by atoms with Crippen molar-refractivity contribution in [3.05, 3.63) is 33.8 Å². The van der Waals surface area contributed by atoms with E-state index in [4.69, 9.17) is 0 Å². The maximum atomic E-state index is 12.5. The van der Waals surface area contributed by atoms with Crippen molar-refractivity contribution in [3.8, 4) is 0 Å². The van der Waals surface area contributed by atoms with Gasteiger partial charge >= 0.3 is 6.18 Å². The molecule has 0 amide bonds. The van der Waals surface area contributed by atoms with Gasteiger partial charge in [0.05, 0.1) is 5.56 Å². The number of carbonyl (C=O) groups is 1. The standard InChI is InChI=1S/C10H8BrF3O/c1-6(15)4-7-5-8(11)2-3-9(7)10(12,13)14/h2-3,5H,4H2,1H3. The Bertz CT molecular complexity index is 385. The van der Waals surface area contributed by atoms with E-state index in [0.717, 1.165) is 6.07 Å². The smallest absolute Gasteiger partial charge is 0.300 e. The fourth-order valence-corrected chi connectivity index (χ4v) is 1.66. The maximum Gasteiger partial charge on any atom is 0.416 e. The number of ketones is 1. The van der Waals surface area contributed by atoms with E-state index >= 15 is 0 Å². The van der Waals surface area contributed by atoms with E-state index in [2.05, 4.69) is 15.9 Å². The minimum absolute atomic E-state index is 0.00405. The van der Waals surface area contributed by atoms with Gasteiger partial charge in [-0.1, -0.05) is 15.9 Å². The molecule has 5 heteroatoms. The van der Waals surface area contributed by atoms with E-state index in [0.29, 0.717) is 4.47 Å². The van der Waals surface area contributed by atoms with E-state index in [1.807, 2.05) is 0 Å². The SMILES string of the molecule is CC(=O)Cc1cc(Br)ccc1C(F)(F)F. The Hall–Kier alpha value is -0.840. The average Bonchev–Trinajstić information content (AvgIpc) is 1.99. The van der Waals surface area contributed by atoms with Crippen LogP contribution >= 0.6 is 15.9 Å². The first-order valence-corrected chi connectivity index (χ1v) is 4.95. The summed E-state index contributed by atoms with van der Waals surface area (Å²) in [5, 5.41) is 0. The molecule has 0 aromatic heterocycles. The van der Waals surface area contributed by atoms with Crippen molar-refractivity contribution in [2.24, 2.45) is 0 Å². The lowest BCUT2D eigenvalue weighted by Gasteiger charge is -2.12. The van der Waals surface area contributed by atoms with Gasteiger partial charge in [0.2, 0.25) is 0 Å². The van der Waals surface area contributed by atoms with E-state index < -0.39 is 11.7 Å². The van der Waals surface area contributed by atoms with Crippen LogP contribution in [0.3, 0.4) is 0 Å². The molecule has 0 aliphatic rings. The highest BCUT2D eigenvalue weighted by molar-refractivity contribution is 9.10. The zero-order valence-electron chi connectivity index (χ0n) is 7.86. The van der Waals surface area contributed by atoms with Gasteiger partial charge in [-0.3, -0.25) is 4.79 Å². The summed E-state index contributed by atoms with van der Waals surface area (Å²) in [6, 6.07) is 3.61. The molecule has 0 spiro atoms. The molecule has 82 valence electrons. The third-order valence-electron chi connectivity index (χ3n) is 1.81. The van der Waals surface area contributed by atoms with Crippen molar-refractivity contribution in [2.75, 3.05) is 0 Å². The summed E-state index contributed by atoms with van der Waals surface area (Å²) in [6.45, 7) is 1.26. The van der Waals surface area contributed by atoms with Crippen molar-refractivity contribution < 1.29 is 18.0 Å². The van der Waals surface area contributed by atoms with Crippen LogP contribution in [0, 0.1) is 0 Å². The van der Waals surface area contributed by atoms with Crippen molar-refractivity contribution >= 4 is 21.7 Å². The number of hydrogen-bond acceptors (Lipinski definition) is 1. The highest BCUT2D eigenvalue weighted by atomic mass is 79.9. The van der Waals surface area contributed by atoms with Crippen LogP contribution in [0.5, 0.6) is 0 Å². The third kappa shape index (κ3) is 3.34. The number of carbonyl (C=O) groups excluding carboxylic acids is 1. The monoisotopic (exact) mass is 280 g/mol. The molecule has 0 fully saturated rings. The molecule has 15 heavy (non-hydrogen) atoms. The predicted molar refractivity (Wildman–Crippen MR) is 53.5 cm³/mol. The molecule has 0 saturated carbocycles. The second-order valence-corrected chi connectivity index (χ2v) is 4.09. The summed E-state index contributed by atoms with van der Waals surface area (Å²) in [5.74, 6) is -0.293. The number of benzene rings is 1. The number of rotatable bonds is 2. The minimum atomic E-state index is -4.41. The summed E-state index contributed by atoms with van der Waals surface area (Å²) in [4.78, 5) is 10.8. The van der Waals surface area contributed by atoms with Gasteiger partial charge in [-0.2, -0.15) is 13.2 Å². The summed E-state index contributed by atoms with van der Waals surface area (Å²) < 4.78 is 38.0. The Kier molecular flexibility index (Phi) is 3.54. The molecule has 1 aromatic rings. The first-order chi connectivity index (χ1) is 6.80. The van der Waals surface area contributed by atoms with Crippen molar-refractivity contribution in [1.82, 2.24) is 0 Å². The molecule has 0 bridgehead atoms. The van der Waals surface area contributed by atoms with Gasteiger partial charge in [0.25, 0.3) is 0 Å². The maximum absolute atomic E-state index is 12.5. The Morgan fingerprint density at radius 3 is 2.47 bits per heavy atom. The van der Waals surface area contributed by atoms with E-state index in [9.17, 15) is 18.0 Å². The Balaban J connectivity index is 3.20. The molecule has 0 saturated heterocycles. The zero-order chi connectivity index (χ0) is 11.6. The summed E-state index contributed by atoms with van der Waals surface area (Å²) in [5.41, 5.74) is -0.745. The second kappa shape index (κ2) is 4.35. The van der Waals surface area contributed by atoms with Gasteiger partial charge in [0.1, 0.15) is 5.78 Å². The Morgan fingerprint density at radius 1 is 1.40 bits per heavy atom. The molecule has 0 unspecified atom stereocenters. The fourth-order valence-electron chi connectivity index (χ4n) is 1.25. The van der Waals surface area contributed by atoms with Crippen LogP contribution in [0.2, 0.25) is 0 Å². The number of halogens is 4. The first-order valence-electron chi connectivity index (χ1n) is 4.16. The molecule has 1 nitrogen and oxygen atoms in total. The van der Waals surface area contributed by atoms with Gasteiger partial charge in [-0.15, -0.1) is 0 Å². The molecule has 0 radical (unpaired) electrons. The molecular weight excluding hydrogens is 273 g/mol. The fraction of sp³-hybridized carbons (Fsp3) is 0.300. The van der Waals surface area contributed by atoms with Gasteiger partial charge in [-0.05, 0) is 30.7 Å². The first kappa shape index (κ1) is 12.2. The summed E-state index contributed by atoms with van der Waals surface area (Å²) in [7, 11) is 0. The van der Waals surface area contributed by atoms with Crippen LogP contribution in [0.15, 0.2) is 22.7 Å². The highest BCUT2D eigenvalue weighted by Gasteiger charge is 2.33. The van der Waals surface area contributed by atoms with E-state index in [1.165, 1.54) is 19.1 Å². The molecule has 0 heterocycles. The van der Waals surface area contributed by atoms with Crippen LogP contribution in [0.4, 0.5) is 13.2 Å². The van der Waals surface area contributed by atoms with E-state index in [-0.39, 0.29) is 17.8 Å². The number of hydrogen-bond donors (Lipinski definition) is 0. The van der Waals surface area contributed by atoms with Crippen molar-refractivity contribution in [2.45, 2.75) is 19.5 Å². The molecule has 0 aliphatic heterocycles. The van der Waals surface area contributed by atoms with Crippen LogP contribution < -0.4 is 0 Å². The molecule has 1 rings (SSSR count). The average molecular weight is 281 g/mol. The van der Waals surface area contributed by atoms with Gasteiger partial charge in [-0.25, -0.2) is 0 Å². The second-order valence-electron chi connectivity index (χ2n) is 3.18. The van der Waals surface area contributed by atoms with Crippen LogP contribution in [0.25, 0.3) is 0 Å². The number of Topliss-reactive ketones (excluding diaryl/α,β-unsaturated/α-hetero) is 1. The lowest BCUT2D eigenvalue weighted by molar-refractivity contribution is -0.138. The highest BCUT2D eigenvalue weighted by Crippen LogP contribution is 2.33. The zero-order valence-corrected chi connectivity index (χ0v) is 9.45. The molecular formula is C10H8BrF3O. The van der Waals surface area contributed by atoms with Crippen LogP contribution in [-0.4, -0.2) is 5.78 Å². The summed E-state index contributed by atoms with van der Waals surface area (Å²) >= 11 is 3.07. The van der Waals surface area contributed by atoms with Gasteiger partial charge < -0.3 is 0 Å². The topological polar surface area (TPSA) is 17.1 Å². The minimum Gasteiger partial charge on any atom is -0.300 e. The molecule has 1 aromatic carbocycles. The Labute approximate surface area is 93.4 Å². The Morgan fingerprint density at radius 2 is 2.00 bits per heavy atom. The summed E-state index contributed by atoms with van der Waals surface area (Å²) in [6.07, 6.45) is -4.61.